The molecule has 9 heteroatoms. The Balaban J connectivity index is 1.65. The summed E-state index contributed by atoms with van der Waals surface area (Å²) in [5.74, 6) is 0.206. The second-order valence-electron chi connectivity index (χ2n) is 7.45. The van der Waals surface area contributed by atoms with E-state index in [0.717, 1.165) is 35.1 Å². The van der Waals surface area contributed by atoms with Crippen molar-refractivity contribution >= 4 is 17.0 Å². The lowest BCUT2D eigenvalue weighted by Gasteiger charge is -2.29. The lowest BCUT2D eigenvalue weighted by Crippen LogP contribution is -2.30. The van der Waals surface area contributed by atoms with Crippen LogP contribution >= 0.6 is 0 Å². The molecule has 1 aliphatic heterocycles. The second-order valence-corrected chi connectivity index (χ2v) is 7.45. The SMILES string of the molecule is CCc1cc(CC)c(C2=CCN(c3ccc4nnc(C(F)(F)F)n4n3)CC2)c(OC)c1. The van der Waals surface area contributed by atoms with Gasteiger partial charge in [-0.25, -0.2) is 0 Å². The van der Waals surface area contributed by atoms with Crippen LogP contribution in [0.2, 0.25) is 0 Å². The third-order valence-electron chi connectivity index (χ3n) is 5.61. The highest BCUT2D eigenvalue weighted by molar-refractivity contribution is 5.75. The van der Waals surface area contributed by atoms with Crippen LogP contribution in [0.1, 0.15) is 42.8 Å². The summed E-state index contributed by atoms with van der Waals surface area (Å²) in [6, 6.07) is 7.50. The number of nitrogens with zero attached hydrogens (tertiary/aromatic N) is 5. The van der Waals surface area contributed by atoms with Crippen LogP contribution in [0.3, 0.4) is 0 Å². The van der Waals surface area contributed by atoms with Gasteiger partial charge in [-0.15, -0.1) is 15.3 Å². The molecule has 0 bridgehead atoms. The third-order valence-corrected chi connectivity index (χ3v) is 5.61. The zero-order valence-corrected chi connectivity index (χ0v) is 17.7. The number of benzene rings is 1. The molecule has 0 fully saturated rings. The van der Waals surface area contributed by atoms with Crippen LogP contribution in [0.15, 0.2) is 30.3 Å². The van der Waals surface area contributed by atoms with Gasteiger partial charge in [-0.2, -0.15) is 17.7 Å². The number of alkyl halides is 3. The van der Waals surface area contributed by atoms with Crippen molar-refractivity contribution in [3.63, 3.8) is 0 Å². The molecular weight excluding hydrogens is 407 g/mol. The molecule has 0 radical (unpaired) electrons. The minimum atomic E-state index is -4.61. The van der Waals surface area contributed by atoms with E-state index in [1.54, 1.807) is 13.2 Å². The molecule has 0 aliphatic carbocycles. The molecule has 6 nitrogen and oxygen atoms in total. The van der Waals surface area contributed by atoms with Gasteiger partial charge in [0.2, 0.25) is 0 Å². The fourth-order valence-corrected chi connectivity index (χ4v) is 3.97. The highest BCUT2D eigenvalue weighted by atomic mass is 19.4. The molecule has 0 spiro atoms. The molecule has 0 N–H and O–H groups in total. The first-order valence-electron chi connectivity index (χ1n) is 10.3. The van der Waals surface area contributed by atoms with Crippen LogP contribution in [-0.4, -0.2) is 40.0 Å². The van der Waals surface area contributed by atoms with Crippen LogP contribution in [0, 0.1) is 0 Å². The summed E-state index contributed by atoms with van der Waals surface area (Å²) >= 11 is 0. The van der Waals surface area contributed by atoms with E-state index < -0.39 is 12.0 Å². The molecule has 0 atom stereocenters. The van der Waals surface area contributed by atoms with Crippen molar-refractivity contribution in [3.05, 3.63) is 52.9 Å². The fourth-order valence-electron chi connectivity index (χ4n) is 3.97. The van der Waals surface area contributed by atoms with Crippen LogP contribution in [0.25, 0.3) is 11.2 Å². The Labute approximate surface area is 178 Å². The van der Waals surface area contributed by atoms with Crippen molar-refractivity contribution in [1.82, 2.24) is 19.8 Å². The number of hydrogen-bond donors (Lipinski definition) is 0. The number of halogens is 3. The first-order chi connectivity index (χ1) is 14.9. The lowest BCUT2D eigenvalue weighted by atomic mass is 9.91. The summed E-state index contributed by atoms with van der Waals surface area (Å²) in [7, 11) is 1.68. The standard InChI is InChI=1S/C22H24F3N5O/c1-4-14-12-15(5-2)20(17(13-14)31-3)16-8-10-29(11-9-16)19-7-6-18-26-27-21(22(23,24)25)30(18)28-19/h6-8,12-13H,4-5,9-11H2,1-3H3. The number of hydrogen-bond acceptors (Lipinski definition) is 5. The summed E-state index contributed by atoms with van der Waals surface area (Å²) in [5.41, 5.74) is 4.87. The zero-order valence-electron chi connectivity index (χ0n) is 17.7. The van der Waals surface area contributed by atoms with Gasteiger partial charge < -0.3 is 9.64 Å². The predicted octanol–water partition coefficient (Wildman–Crippen LogP) is 4.57. The normalized spacial score (nSPS) is 14.8. The van der Waals surface area contributed by atoms with E-state index in [1.165, 1.54) is 22.8 Å². The predicted molar refractivity (Wildman–Crippen MR) is 112 cm³/mol. The number of aryl methyl sites for hydroxylation is 2. The molecule has 3 heterocycles. The Morgan fingerprint density at radius 1 is 1.10 bits per heavy atom. The Morgan fingerprint density at radius 3 is 2.52 bits per heavy atom. The summed E-state index contributed by atoms with van der Waals surface area (Å²) in [6.07, 6.45) is 0.0652. The van der Waals surface area contributed by atoms with Gasteiger partial charge >= 0.3 is 6.18 Å². The third kappa shape index (κ3) is 3.96. The summed E-state index contributed by atoms with van der Waals surface area (Å²) < 4.78 is 45.9. The second kappa shape index (κ2) is 8.20. The number of anilines is 1. The van der Waals surface area contributed by atoms with Crippen molar-refractivity contribution < 1.29 is 17.9 Å². The molecule has 3 aromatic rings. The van der Waals surface area contributed by atoms with Gasteiger partial charge in [-0.05, 0) is 54.2 Å². The average molecular weight is 431 g/mol. The topological polar surface area (TPSA) is 55.6 Å². The van der Waals surface area contributed by atoms with Crippen molar-refractivity contribution in [3.8, 4) is 5.75 Å². The highest BCUT2D eigenvalue weighted by Gasteiger charge is 2.37. The number of ether oxygens (including phenoxy) is 1. The van der Waals surface area contributed by atoms with Crippen molar-refractivity contribution in [2.75, 3.05) is 25.1 Å². The van der Waals surface area contributed by atoms with Gasteiger partial charge in [-0.1, -0.05) is 26.0 Å². The monoisotopic (exact) mass is 431 g/mol. The molecule has 0 saturated heterocycles. The smallest absolute Gasteiger partial charge is 0.453 e. The Kier molecular flexibility index (Phi) is 5.60. The quantitative estimate of drug-likeness (QED) is 0.592. The van der Waals surface area contributed by atoms with Gasteiger partial charge in [0.05, 0.1) is 7.11 Å². The minimum absolute atomic E-state index is 0.0673. The van der Waals surface area contributed by atoms with Crippen LogP contribution in [0.5, 0.6) is 5.75 Å². The lowest BCUT2D eigenvalue weighted by molar-refractivity contribution is -0.146. The molecule has 1 aromatic carbocycles. The van der Waals surface area contributed by atoms with E-state index in [-0.39, 0.29) is 5.65 Å². The van der Waals surface area contributed by atoms with Crippen molar-refractivity contribution in [2.24, 2.45) is 0 Å². The van der Waals surface area contributed by atoms with Crippen LogP contribution < -0.4 is 9.64 Å². The van der Waals surface area contributed by atoms with E-state index in [4.69, 9.17) is 4.74 Å². The van der Waals surface area contributed by atoms with Gasteiger partial charge in [0.1, 0.15) is 11.6 Å². The molecular formula is C22H24F3N5O. The summed E-state index contributed by atoms with van der Waals surface area (Å²) in [5, 5.41) is 11.0. The largest absolute Gasteiger partial charge is 0.496 e. The molecule has 2 aromatic heterocycles. The van der Waals surface area contributed by atoms with Gasteiger partial charge in [0, 0.05) is 18.7 Å². The first-order valence-corrected chi connectivity index (χ1v) is 10.3. The number of rotatable bonds is 5. The fraction of sp³-hybridized carbons (Fsp3) is 0.409. The Bertz CT molecular complexity index is 1110. The zero-order chi connectivity index (χ0) is 22.2. The summed E-state index contributed by atoms with van der Waals surface area (Å²) in [6.45, 7) is 5.42. The van der Waals surface area contributed by atoms with Gasteiger partial charge in [0.15, 0.2) is 5.65 Å². The van der Waals surface area contributed by atoms with Crippen LogP contribution in [-0.2, 0) is 19.0 Å². The Hall–Kier alpha value is -3.10. The molecule has 0 saturated carbocycles. The average Bonchev–Trinajstić information content (AvgIpc) is 3.22. The van der Waals surface area contributed by atoms with E-state index in [9.17, 15) is 13.2 Å². The maximum absolute atomic E-state index is 13.2. The maximum atomic E-state index is 13.2. The molecule has 4 rings (SSSR count). The number of aromatic nitrogens is 4. The van der Waals surface area contributed by atoms with Crippen LogP contribution in [0.4, 0.5) is 19.0 Å². The minimum Gasteiger partial charge on any atom is -0.496 e. The van der Waals surface area contributed by atoms with E-state index in [1.807, 2.05) is 4.90 Å². The van der Waals surface area contributed by atoms with Gasteiger partial charge in [0.25, 0.3) is 5.82 Å². The van der Waals surface area contributed by atoms with E-state index in [2.05, 4.69) is 47.4 Å². The number of methoxy groups -OCH3 is 1. The number of fused-ring (bicyclic) bond motifs is 1. The molecule has 31 heavy (non-hydrogen) atoms. The van der Waals surface area contributed by atoms with E-state index in [0.29, 0.717) is 18.9 Å². The van der Waals surface area contributed by atoms with Crippen molar-refractivity contribution in [2.45, 2.75) is 39.3 Å². The Morgan fingerprint density at radius 2 is 1.90 bits per heavy atom. The maximum Gasteiger partial charge on any atom is 0.453 e. The molecule has 0 unspecified atom stereocenters. The van der Waals surface area contributed by atoms with Crippen molar-refractivity contribution in [1.29, 1.82) is 0 Å². The molecule has 164 valence electrons. The summed E-state index contributed by atoms with van der Waals surface area (Å²) in [4.78, 5) is 1.95. The van der Waals surface area contributed by atoms with Gasteiger partial charge in [-0.3, -0.25) is 0 Å². The van der Waals surface area contributed by atoms with E-state index >= 15 is 0 Å². The molecule has 0 amide bonds. The molecule has 1 aliphatic rings. The highest BCUT2D eigenvalue weighted by Crippen LogP contribution is 2.36. The first kappa shape index (κ1) is 21.1.